The van der Waals surface area contributed by atoms with Gasteiger partial charge in [-0.1, -0.05) is 18.2 Å². The Balaban J connectivity index is 2.01. The summed E-state index contributed by atoms with van der Waals surface area (Å²) in [5, 5.41) is 15.4. The van der Waals surface area contributed by atoms with Gasteiger partial charge in [0.05, 0.1) is 6.21 Å². The lowest BCUT2D eigenvalue weighted by molar-refractivity contribution is 0.252. The van der Waals surface area contributed by atoms with E-state index in [1.165, 1.54) is 0 Å². The van der Waals surface area contributed by atoms with E-state index in [4.69, 9.17) is 0 Å². The van der Waals surface area contributed by atoms with Crippen LogP contribution in [-0.4, -0.2) is 27.3 Å². The van der Waals surface area contributed by atoms with Crippen molar-refractivity contribution < 1.29 is 9.90 Å². The first-order chi connectivity index (χ1) is 10.1. The van der Waals surface area contributed by atoms with Crippen LogP contribution in [0, 0.1) is 0 Å². The topological polar surface area (TPSA) is 139 Å². The molecule has 0 atom stereocenters. The van der Waals surface area contributed by atoms with E-state index >= 15 is 0 Å². The van der Waals surface area contributed by atoms with Gasteiger partial charge < -0.3 is 10.4 Å². The van der Waals surface area contributed by atoms with Gasteiger partial charge in [-0.3, -0.25) is 14.8 Å². The summed E-state index contributed by atoms with van der Waals surface area (Å²) >= 11 is 0. The van der Waals surface area contributed by atoms with Crippen LogP contribution in [0.2, 0.25) is 0 Å². The van der Waals surface area contributed by atoms with Crippen LogP contribution in [0.5, 0.6) is 5.88 Å². The number of urea groups is 1. The van der Waals surface area contributed by atoms with E-state index in [0.29, 0.717) is 5.69 Å². The van der Waals surface area contributed by atoms with Gasteiger partial charge in [0.25, 0.3) is 5.56 Å². The number of anilines is 1. The maximum Gasteiger partial charge on any atom is 0.339 e. The Morgan fingerprint density at radius 1 is 1.19 bits per heavy atom. The number of aromatic nitrogens is 2. The summed E-state index contributed by atoms with van der Waals surface area (Å²) in [4.78, 5) is 37.6. The number of carbonyl (C=O) groups excluding carboxylic acids is 1. The number of para-hydroxylation sites is 1. The number of nitrogens with one attached hydrogen (secondary N) is 4. The van der Waals surface area contributed by atoms with E-state index in [9.17, 15) is 19.5 Å². The summed E-state index contributed by atoms with van der Waals surface area (Å²) in [5.74, 6) is -0.641. The monoisotopic (exact) mass is 289 g/mol. The molecule has 0 saturated carbocycles. The fourth-order valence-corrected chi connectivity index (χ4v) is 1.44. The van der Waals surface area contributed by atoms with Gasteiger partial charge in [0, 0.05) is 5.69 Å². The molecule has 0 fully saturated rings. The Morgan fingerprint density at radius 2 is 1.90 bits per heavy atom. The molecule has 0 radical (unpaired) electrons. The van der Waals surface area contributed by atoms with Crippen LogP contribution in [0.15, 0.2) is 45.0 Å². The Labute approximate surface area is 117 Å². The van der Waals surface area contributed by atoms with Gasteiger partial charge in [-0.05, 0) is 12.1 Å². The van der Waals surface area contributed by atoms with Crippen molar-refractivity contribution in [3.05, 3.63) is 56.7 Å². The molecule has 2 amide bonds. The number of H-pyrrole nitrogens is 2. The van der Waals surface area contributed by atoms with Crippen LogP contribution in [0.1, 0.15) is 5.56 Å². The van der Waals surface area contributed by atoms with Crippen molar-refractivity contribution in [1.29, 1.82) is 0 Å². The second kappa shape index (κ2) is 6.19. The van der Waals surface area contributed by atoms with E-state index in [1.54, 1.807) is 30.3 Å². The number of hydrogen-bond donors (Lipinski definition) is 5. The highest BCUT2D eigenvalue weighted by Gasteiger charge is 2.05. The van der Waals surface area contributed by atoms with E-state index in [0.717, 1.165) is 6.21 Å². The Kier molecular flexibility index (Phi) is 4.14. The molecule has 1 heterocycles. The molecule has 0 aliphatic heterocycles. The van der Waals surface area contributed by atoms with E-state index in [1.807, 2.05) is 9.97 Å². The minimum absolute atomic E-state index is 0.283. The van der Waals surface area contributed by atoms with Crippen molar-refractivity contribution in [2.75, 3.05) is 5.32 Å². The summed E-state index contributed by atoms with van der Waals surface area (Å²) in [6.45, 7) is 0. The molecule has 1 aromatic carbocycles. The molecule has 0 saturated heterocycles. The average molecular weight is 289 g/mol. The number of rotatable bonds is 3. The highest BCUT2D eigenvalue weighted by Crippen LogP contribution is 2.04. The van der Waals surface area contributed by atoms with Crippen molar-refractivity contribution in [1.82, 2.24) is 15.4 Å². The lowest BCUT2D eigenvalue weighted by Gasteiger charge is -2.03. The lowest BCUT2D eigenvalue weighted by atomic mass is 10.3. The minimum Gasteiger partial charge on any atom is -0.494 e. The van der Waals surface area contributed by atoms with Gasteiger partial charge in [-0.25, -0.2) is 15.0 Å². The highest BCUT2D eigenvalue weighted by molar-refractivity contribution is 5.90. The van der Waals surface area contributed by atoms with Gasteiger partial charge in [-0.15, -0.1) is 0 Å². The van der Waals surface area contributed by atoms with Crippen LogP contribution in [0.4, 0.5) is 10.5 Å². The molecule has 0 aliphatic rings. The van der Waals surface area contributed by atoms with Crippen molar-refractivity contribution in [2.45, 2.75) is 0 Å². The number of aromatic amines is 2. The number of nitrogens with zero attached hydrogens (tertiary/aromatic N) is 1. The maximum atomic E-state index is 11.5. The van der Waals surface area contributed by atoms with Crippen LogP contribution < -0.4 is 22.0 Å². The molecule has 0 aliphatic carbocycles. The predicted molar refractivity (Wildman–Crippen MR) is 75.5 cm³/mol. The molecule has 1 aromatic heterocycles. The van der Waals surface area contributed by atoms with E-state index < -0.39 is 23.2 Å². The summed E-state index contributed by atoms with van der Waals surface area (Å²) in [7, 11) is 0. The second-order valence-electron chi connectivity index (χ2n) is 3.86. The number of carbonyl (C=O) groups is 1. The number of hydrogen-bond acceptors (Lipinski definition) is 5. The first-order valence-corrected chi connectivity index (χ1v) is 5.77. The number of benzene rings is 1. The largest absolute Gasteiger partial charge is 0.494 e. The molecule has 21 heavy (non-hydrogen) atoms. The summed E-state index contributed by atoms with van der Waals surface area (Å²) in [5.41, 5.74) is 0.723. The summed E-state index contributed by atoms with van der Waals surface area (Å²) in [6, 6.07) is 8.03. The van der Waals surface area contributed by atoms with Gasteiger partial charge in [0.2, 0.25) is 5.88 Å². The predicted octanol–water partition coefficient (Wildman–Crippen LogP) is -0.0756. The number of hydrazone groups is 1. The van der Waals surface area contributed by atoms with E-state index in [2.05, 4.69) is 15.8 Å². The zero-order valence-corrected chi connectivity index (χ0v) is 10.6. The van der Waals surface area contributed by atoms with Gasteiger partial charge in [0.15, 0.2) is 0 Å². The van der Waals surface area contributed by atoms with Crippen LogP contribution in [0.25, 0.3) is 0 Å². The van der Waals surface area contributed by atoms with Crippen molar-refractivity contribution in [2.24, 2.45) is 5.10 Å². The molecular weight excluding hydrogens is 278 g/mol. The zero-order chi connectivity index (χ0) is 15.2. The van der Waals surface area contributed by atoms with E-state index in [-0.39, 0.29) is 5.56 Å². The minimum atomic E-state index is -0.843. The molecule has 108 valence electrons. The SMILES string of the molecule is O=C(NN=Cc1c(O)[nH]c(=O)[nH]c1=O)Nc1ccccc1. The van der Waals surface area contributed by atoms with Crippen molar-refractivity contribution >= 4 is 17.9 Å². The van der Waals surface area contributed by atoms with Crippen LogP contribution in [-0.2, 0) is 0 Å². The fourth-order valence-electron chi connectivity index (χ4n) is 1.44. The third-order valence-corrected chi connectivity index (χ3v) is 2.35. The molecule has 9 heteroatoms. The molecule has 5 N–H and O–H groups in total. The third kappa shape index (κ3) is 3.80. The Bertz CT molecular complexity index is 778. The molecule has 2 rings (SSSR count). The van der Waals surface area contributed by atoms with Crippen molar-refractivity contribution in [3.8, 4) is 5.88 Å². The Hall–Kier alpha value is -3.36. The van der Waals surface area contributed by atoms with Gasteiger partial charge >= 0.3 is 11.7 Å². The van der Waals surface area contributed by atoms with Crippen LogP contribution >= 0.6 is 0 Å². The lowest BCUT2D eigenvalue weighted by Crippen LogP contribution is -2.27. The third-order valence-electron chi connectivity index (χ3n) is 2.35. The maximum absolute atomic E-state index is 11.5. The molecule has 0 bridgehead atoms. The first kappa shape index (κ1) is 14.1. The van der Waals surface area contributed by atoms with Crippen molar-refractivity contribution in [3.63, 3.8) is 0 Å². The first-order valence-electron chi connectivity index (χ1n) is 5.77. The molecule has 2 aromatic rings. The molecule has 9 nitrogen and oxygen atoms in total. The second-order valence-corrected chi connectivity index (χ2v) is 3.86. The molecule has 0 spiro atoms. The molecule has 0 unspecified atom stereocenters. The zero-order valence-electron chi connectivity index (χ0n) is 10.6. The smallest absolute Gasteiger partial charge is 0.339 e. The average Bonchev–Trinajstić information content (AvgIpc) is 2.42. The normalized spacial score (nSPS) is 10.5. The Morgan fingerprint density at radius 3 is 2.57 bits per heavy atom. The molecular formula is C12H11N5O4. The quantitative estimate of drug-likeness (QED) is 0.398. The fraction of sp³-hybridized carbons (Fsp3) is 0. The summed E-state index contributed by atoms with van der Waals surface area (Å²) in [6.07, 6.45) is 0.911. The van der Waals surface area contributed by atoms with Gasteiger partial charge in [0.1, 0.15) is 5.56 Å². The highest BCUT2D eigenvalue weighted by atomic mass is 16.3. The number of amides is 2. The summed E-state index contributed by atoms with van der Waals surface area (Å²) < 4.78 is 0. The standard InChI is InChI=1S/C12H11N5O4/c18-9-8(10(19)16-11(20)15-9)6-13-17-12(21)14-7-4-2-1-3-5-7/h1-6H,(H2,14,17,21)(H3,15,16,18,19,20). The van der Waals surface area contributed by atoms with Crippen LogP contribution in [0.3, 0.4) is 0 Å². The van der Waals surface area contributed by atoms with Gasteiger partial charge in [-0.2, -0.15) is 5.10 Å². The number of aromatic hydroxyl groups is 1.